The molecular formula is C19H32NO5P. The maximum absolute atomic E-state index is 10.9. The molecule has 0 amide bonds. The topological polar surface area (TPSA) is 102 Å². The minimum Gasteiger partial charge on any atom is -0.494 e. The summed E-state index contributed by atoms with van der Waals surface area (Å²) in [4.78, 5) is 17.7. The number of nitrogens with two attached hydrogens (primary N) is 1. The van der Waals surface area contributed by atoms with E-state index in [1.165, 1.54) is 31.2 Å². The molecule has 0 unspecified atom stereocenters. The van der Waals surface area contributed by atoms with Crippen molar-refractivity contribution in [3.63, 3.8) is 0 Å². The molecule has 1 aromatic carbocycles. The molecule has 0 radical (unpaired) electrons. The highest BCUT2D eigenvalue weighted by molar-refractivity contribution is 7.46. The van der Waals surface area contributed by atoms with Crippen LogP contribution in [0.5, 0.6) is 5.75 Å². The average Bonchev–Trinajstić information content (AvgIpc) is 2.99. The Morgan fingerprint density at radius 1 is 1.19 bits per heavy atom. The van der Waals surface area contributed by atoms with E-state index in [2.05, 4.69) is 23.6 Å². The van der Waals surface area contributed by atoms with Crippen molar-refractivity contribution in [2.75, 3.05) is 13.2 Å². The Morgan fingerprint density at radius 3 is 2.54 bits per heavy atom. The Kier molecular flexibility index (Phi) is 8.11. The molecule has 1 saturated carbocycles. The van der Waals surface area contributed by atoms with Gasteiger partial charge < -0.3 is 20.3 Å². The molecule has 0 bridgehead atoms. The lowest BCUT2D eigenvalue weighted by molar-refractivity contribution is 0.153. The van der Waals surface area contributed by atoms with Crippen LogP contribution in [0.1, 0.15) is 69.8 Å². The van der Waals surface area contributed by atoms with E-state index in [1.807, 2.05) is 12.1 Å². The van der Waals surface area contributed by atoms with Gasteiger partial charge in [0, 0.05) is 5.54 Å². The predicted octanol–water partition coefficient (Wildman–Crippen LogP) is 4.11. The highest BCUT2D eigenvalue weighted by Gasteiger charge is 2.38. The highest BCUT2D eigenvalue weighted by atomic mass is 31.2. The van der Waals surface area contributed by atoms with Crippen molar-refractivity contribution in [1.82, 2.24) is 0 Å². The van der Waals surface area contributed by atoms with Crippen LogP contribution in [0.2, 0.25) is 0 Å². The molecule has 4 N–H and O–H groups in total. The molecule has 0 spiro atoms. The van der Waals surface area contributed by atoms with Crippen LogP contribution in [-0.4, -0.2) is 28.5 Å². The second-order valence-electron chi connectivity index (χ2n) is 7.40. The summed E-state index contributed by atoms with van der Waals surface area (Å²) in [6, 6.07) is 8.10. The van der Waals surface area contributed by atoms with Gasteiger partial charge >= 0.3 is 7.82 Å². The number of ether oxygens (including phenoxy) is 1. The summed E-state index contributed by atoms with van der Waals surface area (Å²) in [5.41, 5.74) is 6.75. The van der Waals surface area contributed by atoms with Gasteiger partial charge in [-0.25, -0.2) is 4.57 Å². The van der Waals surface area contributed by atoms with Crippen LogP contribution in [0.15, 0.2) is 24.3 Å². The van der Waals surface area contributed by atoms with Crippen molar-refractivity contribution >= 4 is 7.82 Å². The number of benzene rings is 1. The van der Waals surface area contributed by atoms with Crippen molar-refractivity contribution in [3.8, 4) is 5.75 Å². The molecule has 1 fully saturated rings. The predicted molar refractivity (Wildman–Crippen MR) is 102 cm³/mol. The zero-order chi connectivity index (χ0) is 19.0. The van der Waals surface area contributed by atoms with Gasteiger partial charge in [-0.1, -0.05) is 44.7 Å². The fraction of sp³-hybridized carbons (Fsp3) is 0.684. The summed E-state index contributed by atoms with van der Waals surface area (Å²) in [6.07, 6.45) is 8.34. The quantitative estimate of drug-likeness (QED) is 0.391. The van der Waals surface area contributed by atoms with Crippen LogP contribution in [0.3, 0.4) is 0 Å². The number of hydrogen-bond acceptors (Lipinski definition) is 4. The number of hydrogen-bond donors (Lipinski definition) is 3. The van der Waals surface area contributed by atoms with Crippen LogP contribution < -0.4 is 10.5 Å². The van der Waals surface area contributed by atoms with Crippen molar-refractivity contribution < 1.29 is 23.6 Å². The normalized spacial score (nSPS) is 23.3. The van der Waals surface area contributed by atoms with Gasteiger partial charge in [0.2, 0.25) is 0 Å². The van der Waals surface area contributed by atoms with Gasteiger partial charge in [-0.15, -0.1) is 0 Å². The summed E-state index contributed by atoms with van der Waals surface area (Å²) in [5, 5.41) is 0. The van der Waals surface area contributed by atoms with E-state index in [-0.39, 0.29) is 12.5 Å². The third-order valence-corrected chi connectivity index (χ3v) is 5.50. The van der Waals surface area contributed by atoms with Crippen molar-refractivity contribution in [3.05, 3.63) is 29.8 Å². The van der Waals surface area contributed by atoms with Crippen LogP contribution in [0.25, 0.3) is 0 Å². The monoisotopic (exact) mass is 385 g/mol. The van der Waals surface area contributed by atoms with Gasteiger partial charge in [-0.05, 0) is 49.3 Å². The number of unbranched alkanes of at least 4 members (excludes halogenated alkanes) is 4. The average molecular weight is 385 g/mol. The van der Waals surface area contributed by atoms with E-state index in [1.54, 1.807) is 0 Å². The van der Waals surface area contributed by atoms with Gasteiger partial charge in [0.1, 0.15) is 5.75 Å². The van der Waals surface area contributed by atoms with Gasteiger partial charge in [0.25, 0.3) is 0 Å². The van der Waals surface area contributed by atoms with Crippen LogP contribution in [-0.2, 0) is 9.09 Å². The molecule has 0 aromatic heterocycles. The van der Waals surface area contributed by atoms with Gasteiger partial charge in [-0.3, -0.25) is 4.52 Å². The number of rotatable bonds is 11. The summed E-state index contributed by atoms with van der Waals surface area (Å²) in [6.45, 7) is 2.84. The van der Waals surface area contributed by atoms with Crippen molar-refractivity contribution in [2.24, 2.45) is 5.73 Å². The Morgan fingerprint density at radius 2 is 1.88 bits per heavy atom. The molecule has 6 nitrogen and oxygen atoms in total. The van der Waals surface area contributed by atoms with E-state index < -0.39 is 13.4 Å². The van der Waals surface area contributed by atoms with Crippen LogP contribution in [0.4, 0.5) is 0 Å². The number of phosphoric ester groups is 1. The minimum atomic E-state index is -4.48. The molecule has 0 aliphatic heterocycles. The smallest absolute Gasteiger partial charge is 0.469 e. The molecule has 7 heteroatoms. The maximum Gasteiger partial charge on any atom is 0.469 e. The van der Waals surface area contributed by atoms with Crippen LogP contribution >= 0.6 is 7.82 Å². The van der Waals surface area contributed by atoms with E-state index >= 15 is 0 Å². The van der Waals surface area contributed by atoms with Gasteiger partial charge in [-0.2, -0.15) is 0 Å². The van der Waals surface area contributed by atoms with Crippen LogP contribution in [0, 0.1) is 0 Å². The molecule has 1 aromatic rings. The molecule has 2 rings (SSSR count). The molecule has 2 atom stereocenters. The van der Waals surface area contributed by atoms with Crippen molar-refractivity contribution in [2.45, 2.75) is 69.7 Å². The maximum atomic E-state index is 10.9. The molecule has 148 valence electrons. The van der Waals surface area contributed by atoms with E-state index in [0.29, 0.717) is 12.8 Å². The lowest BCUT2D eigenvalue weighted by Gasteiger charge is -2.24. The molecule has 1 aliphatic carbocycles. The summed E-state index contributed by atoms with van der Waals surface area (Å²) in [7, 11) is -4.48. The fourth-order valence-corrected chi connectivity index (χ4v) is 3.94. The summed E-state index contributed by atoms with van der Waals surface area (Å²) >= 11 is 0. The molecule has 1 aliphatic rings. The first-order valence-electron chi connectivity index (χ1n) is 9.53. The fourth-order valence-electron chi connectivity index (χ4n) is 3.52. The Bertz CT molecular complexity index is 588. The molecule has 26 heavy (non-hydrogen) atoms. The number of phosphoric acid groups is 1. The van der Waals surface area contributed by atoms with E-state index in [4.69, 9.17) is 20.3 Å². The summed E-state index contributed by atoms with van der Waals surface area (Å²) in [5.74, 6) is 1.16. The summed E-state index contributed by atoms with van der Waals surface area (Å²) < 4.78 is 21.3. The zero-order valence-electron chi connectivity index (χ0n) is 15.6. The lowest BCUT2D eigenvalue weighted by Crippen LogP contribution is -2.41. The lowest BCUT2D eigenvalue weighted by atomic mass is 9.94. The Balaban J connectivity index is 1.77. The zero-order valence-corrected chi connectivity index (χ0v) is 16.5. The standard InChI is InChI=1S/C19H32NO5P/c1-2-3-4-5-6-13-24-18-9-7-16(8-10-18)17-11-12-19(20,14-17)15-25-26(21,22)23/h7-10,17H,2-6,11-15,20H2,1H3,(H2,21,22,23)/t17-,19-/m1/s1. The Hall–Kier alpha value is -0.910. The largest absolute Gasteiger partial charge is 0.494 e. The van der Waals surface area contributed by atoms with Crippen molar-refractivity contribution in [1.29, 1.82) is 0 Å². The first-order valence-corrected chi connectivity index (χ1v) is 11.1. The van der Waals surface area contributed by atoms with E-state index in [0.717, 1.165) is 25.2 Å². The molecule has 0 heterocycles. The molecule has 0 saturated heterocycles. The second-order valence-corrected chi connectivity index (χ2v) is 8.64. The van der Waals surface area contributed by atoms with E-state index in [9.17, 15) is 4.57 Å². The first kappa shape index (κ1) is 21.4. The third kappa shape index (κ3) is 7.37. The highest BCUT2D eigenvalue weighted by Crippen LogP contribution is 2.43. The van der Waals surface area contributed by atoms with Gasteiger partial charge in [0.05, 0.1) is 13.2 Å². The minimum absolute atomic E-state index is 0.118. The SMILES string of the molecule is CCCCCCCOc1ccc([C@@H]2CC[C@](N)(COP(=O)(O)O)C2)cc1. The molecular weight excluding hydrogens is 353 g/mol. The third-order valence-electron chi connectivity index (χ3n) is 5.03. The first-order chi connectivity index (χ1) is 12.3. The van der Waals surface area contributed by atoms with Gasteiger partial charge in [0.15, 0.2) is 0 Å². The Labute approximate surface area is 156 Å². The second kappa shape index (κ2) is 9.86.